The first kappa shape index (κ1) is 16.5. The number of thiazole rings is 1. The molecule has 0 aliphatic rings. The lowest BCUT2D eigenvalue weighted by Crippen LogP contribution is -2.17. The van der Waals surface area contributed by atoms with Crippen LogP contribution in [0.3, 0.4) is 0 Å². The molecule has 0 radical (unpaired) electrons. The molecule has 0 saturated heterocycles. The molecule has 0 saturated carbocycles. The molecule has 0 spiro atoms. The highest BCUT2D eigenvalue weighted by Gasteiger charge is 2.12. The first-order valence-electron chi connectivity index (χ1n) is 7.24. The molecule has 0 aliphatic heterocycles. The zero-order valence-electron chi connectivity index (χ0n) is 12.9. The van der Waals surface area contributed by atoms with Gasteiger partial charge in [0.25, 0.3) is 0 Å². The van der Waals surface area contributed by atoms with E-state index in [9.17, 15) is 0 Å². The van der Waals surface area contributed by atoms with E-state index in [4.69, 9.17) is 0 Å². The summed E-state index contributed by atoms with van der Waals surface area (Å²) in [6.45, 7) is 7.26. The van der Waals surface area contributed by atoms with E-state index in [1.807, 2.05) is 5.51 Å². The second-order valence-electron chi connectivity index (χ2n) is 5.37. The molecule has 21 heavy (non-hydrogen) atoms. The SMILES string of the molecule is CSc1nnc(CCCNCc2cscn2)n1CC(C)C. The fourth-order valence-corrected chi connectivity index (χ4v) is 3.20. The highest BCUT2D eigenvalue weighted by Crippen LogP contribution is 2.16. The molecule has 0 unspecified atom stereocenters. The number of rotatable bonds is 9. The van der Waals surface area contributed by atoms with Crippen LogP contribution in [0.5, 0.6) is 0 Å². The van der Waals surface area contributed by atoms with E-state index in [0.717, 1.165) is 49.2 Å². The molecule has 1 N–H and O–H groups in total. The van der Waals surface area contributed by atoms with Crippen LogP contribution >= 0.6 is 23.1 Å². The zero-order chi connectivity index (χ0) is 15.1. The standard InChI is InChI=1S/C14H23N5S2/c1-11(2)8-19-13(17-18-14(19)20-3)5-4-6-15-7-12-9-21-10-16-12/h9-11,15H,4-8H2,1-3H3. The first-order chi connectivity index (χ1) is 10.2. The Kier molecular flexibility index (Phi) is 6.66. The molecule has 7 heteroatoms. The number of hydrogen-bond acceptors (Lipinski definition) is 6. The largest absolute Gasteiger partial charge is 0.311 e. The fourth-order valence-electron chi connectivity index (χ4n) is 2.12. The van der Waals surface area contributed by atoms with E-state index in [1.165, 1.54) is 0 Å². The van der Waals surface area contributed by atoms with Gasteiger partial charge in [0.15, 0.2) is 5.16 Å². The van der Waals surface area contributed by atoms with Crippen LogP contribution in [0.15, 0.2) is 16.0 Å². The number of hydrogen-bond donors (Lipinski definition) is 1. The minimum absolute atomic E-state index is 0.605. The molecule has 2 aromatic rings. The quantitative estimate of drug-likeness (QED) is 0.567. The number of nitrogens with one attached hydrogen (secondary N) is 1. The summed E-state index contributed by atoms with van der Waals surface area (Å²) < 4.78 is 2.26. The summed E-state index contributed by atoms with van der Waals surface area (Å²) in [5, 5.41) is 15.1. The Morgan fingerprint density at radius 1 is 1.38 bits per heavy atom. The summed E-state index contributed by atoms with van der Waals surface area (Å²) in [7, 11) is 0. The molecule has 2 aromatic heterocycles. The van der Waals surface area contributed by atoms with Gasteiger partial charge in [0.1, 0.15) is 5.82 Å². The first-order valence-corrected chi connectivity index (χ1v) is 9.41. The van der Waals surface area contributed by atoms with Crippen molar-refractivity contribution < 1.29 is 0 Å². The van der Waals surface area contributed by atoms with Gasteiger partial charge >= 0.3 is 0 Å². The maximum atomic E-state index is 4.34. The topological polar surface area (TPSA) is 55.6 Å². The minimum atomic E-state index is 0.605. The van der Waals surface area contributed by atoms with Crippen LogP contribution in [0, 0.1) is 5.92 Å². The Labute approximate surface area is 134 Å². The van der Waals surface area contributed by atoms with E-state index in [1.54, 1.807) is 23.1 Å². The number of aromatic nitrogens is 4. The third kappa shape index (κ3) is 5.09. The van der Waals surface area contributed by atoms with Crippen molar-refractivity contribution in [3.8, 4) is 0 Å². The summed E-state index contributed by atoms with van der Waals surface area (Å²) in [5.41, 5.74) is 2.99. The third-order valence-corrected chi connectivity index (χ3v) is 4.37. The third-order valence-electron chi connectivity index (χ3n) is 3.07. The van der Waals surface area contributed by atoms with Crippen molar-refractivity contribution in [3.05, 3.63) is 22.4 Å². The lowest BCUT2D eigenvalue weighted by atomic mass is 10.2. The summed E-state index contributed by atoms with van der Waals surface area (Å²) >= 11 is 3.30. The van der Waals surface area contributed by atoms with Crippen LogP contribution < -0.4 is 5.32 Å². The van der Waals surface area contributed by atoms with Gasteiger partial charge in [-0.2, -0.15) is 0 Å². The van der Waals surface area contributed by atoms with Crippen molar-refractivity contribution >= 4 is 23.1 Å². The van der Waals surface area contributed by atoms with Gasteiger partial charge < -0.3 is 9.88 Å². The number of aryl methyl sites for hydroxylation is 1. The maximum absolute atomic E-state index is 4.34. The van der Waals surface area contributed by atoms with Crippen LogP contribution in [0.2, 0.25) is 0 Å². The van der Waals surface area contributed by atoms with Crippen molar-refractivity contribution in [2.75, 3.05) is 12.8 Å². The lowest BCUT2D eigenvalue weighted by Gasteiger charge is -2.11. The fraction of sp³-hybridized carbons (Fsp3) is 0.643. The van der Waals surface area contributed by atoms with Gasteiger partial charge in [0, 0.05) is 24.9 Å². The molecule has 2 heterocycles. The van der Waals surface area contributed by atoms with Crippen molar-refractivity contribution in [2.45, 2.75) is 44.9 Å². The Balaban J connectivity index is 1.78. The highest BCUT2D eigenvalue weighted by molar-refractivity contribution is 7.98. The highest BCUT2D eigenvalue weighted by atomic mass is 32.2. The van der Waals surface area contributed by atoms with Crippen LogP contribution in [0.25, 0.3) is 0 Å². The molecule has 0 bridgehead atoms. The molecule has 0 amide bonds. The molecule has 0 aliphatic carbocycles. The monoisotopic (exact) mass is 325 g/mol. The van der Waals surface area contributed by atoms with E-state index in [2.05, 4.69) is 50.5 Å². The Morgan fingerprint density at radius 3 is 2.90 bits per heavy atom. The van der Waals surface area contributed by atoms with Crippen LogP contribution in [0.1, 0.15) is 31.8 Å². The van der Waals surface area contributed by atoms with Gasteiger partial charge in [-0.1, -0.05) is 25.6 Å². The van der Waals surface area contributed by atoms with Crippen molar-refractivity contribution in [3.63, 3.8) is 0 Å². The Bertz CT molecular complexity index is 521. The number of thioether (sulfide) groups is 1. The van der Waals surface area contributed by atoms with Gasteiger partial charge in [0.05, 0.1) is 11.2 Å². The summed E-state index contributed by atoms with van der Waals surface area (Å²) in [6.07, 6.45) is 4.08. The average molecular weight is 326 g/mol. The molecule has 116 valence electrons. The summed E-state index contributed by atoms with van der Waals surface area (Å²) in [4.78, 5) is 4.26. The predicted octanol–water partition coefficient (Wildman–Crippen LogP) is 2.83. The molecule has 0 atom stereocenters. The Morgan fingerprint density at radius 2 is 2.24 bits per heavy atom. The second-order valence-corrected chi connectivity index (χ2v) is 6.86. The van der Waals surface area contributed by atoms with Gasteiger partial charge in [-0.05, 0) is 25.1 Å². The summed E-state index contributed by atoms with van der Waals surface area (Å²) in [5.74, 6) is 1.71. The number of nitrogens with zero attached hydrogens (tertiary/aromatic N) is 4. The van der Waals surface area contributed by atoms with Crippen molar-refractivity contribution in [1.82, 2.24) is 25.1 Å². The molecular weight excluding hydrogens is 302 g/mol. The predicted molar refractivity (Wildman–Crippen MR) is 88.8 cm³/mol. The minimum Gasteiger partial charge on any atom is -0.311 e. The average Bonchev–Trinajstić information content (AvgIpc) is 3.08. The van der Waals surface area contributed by atoms with E-state index < -0.39 is 0 Å². The Hall–Kier alpha value is -0.920. The molecule has 0 aromatic carbocycles. The van der Waals surface area contributed by atoms with Crippen LogP contribution in [0.4, 0.5) is 0 Å². The molecule has 2 rings (SSSR count). The van der Waals surface area contributed by atoms with E-state index in [0.29, 0.717) is 5.92 Å². The van der Waals surface area contributed by atoms with Gasteiger partial charge in [-0.15, -0.1) is 21.5 Å². The van der Waals surface area contributed by atoms with E-state index in [-0.39, 0.29) is 0 Å². The van der Waals surface area contributed by atoms with Gasteiger partial charge in [-0.25, -0.2) is 4.98 Å². The smallest absolute Gasteiger partial charge is 0.190 e. The second kappa shape index (κ2) is 8.51. The maximum Gasteiger partial charge on any atom is 0.190 e. The molecule has 5 nitrogen and oxygen atoms in total. The molecule has 0 fully saturated rings. The van der Waals surface area contributed by atoms with Gasteiger partial charge in [-0.3, -0.25) is 0 Å². The zero-order valence-corrected chi connectivity index (χ0v) is 14.5. The van der Waals surface area contributed by atoms with E-state index >= 15 is 0 Å². The normalized spacial score (nSPS) is 11.4. The summed E-state index contributed by atoms with van der Waals surface area (Å²) in [6, 6.07) is 0. The van der Waals surface area contributed by atoms with Crippen molar-refractivity contribution in [2.24, 2.45) is 5.92 Å². The van der Waals surface area contributed by atoms with Gasteiger partial charge in [0.2, 0.25) is 0 Å². The van der Waals surface area contributed by atoms with Crippen LogP contribution in [-0.2, 0) is 19.5 Å². The van der Waals surface area contributed by atoms with Crippen molar-refractivity contribution in [1.29, 1.82) is 0 Å². The van der Waals surface area contributed by atoms with Crippen LogP contribution in [-0.4, -0.2) is 32.5 Å². The lowest BCUT2D eigenvalue weighted by molar-refractivity contribution is 0.475. The molecular formula is C14H23N5S2.